The molecule has 0 bridgehead atoms. The number of nitrogens with zero attached hydrogens (tertiary/aromatic N) is 4. The lowest BCUT2D eigenvalue weighted by Gasteiger charge is -2.11. The highest BCUT2D eigenvalue weighted by Crippen LogP contribution is 2.38. The molecule has 0 saturated heterocycles. The molecule has 1 aliphatic heterocycles. The van der Waals surface area contributed by atoms with Crippen molar-refractivity contribution in [3.8, 4) is 39.8 Å². The average molecular weight is 408 g/mol. The van der Waals surface area contributed by atoms with Crippen LogP contribution in [-0.2, 0) is 12.7 Å². The Hall–Kier alpha value is -3.68. The van der Waals surface area contributed by atoms with E-state index in [1.807, 2.05) is 22.8 Å². The summed E-state index contributed by atoms with van der Waals surface area (Å²) in [6.45, 7) is 1.03. The van der Waals surface area contributed by atoms with Gasteiger partial charge in [-0.05, 0) is 41.5 Å². The van der Waals surface area contributed by atoms with Crippen LogP contribution in [0.5, 0.6) is 5.75 Å². The Morgan fingerprint density at radius 1 is 0.900 bits per heavy atom. The highest BCUT2D eigenvalue weighted by Gasteiger charge is 2.30. The summed E-state index contributed by atoms with van der Waals surface area (Å²) in [7, 11) is 0. The fourth-order valence-corrected chi connectivity index (χ4v) is 3.54. The predicted molar refractivity (Wildman–Crippen MR) is 105 cm³/mol. The van der Waals surface area contributed by atoms with E-state index in [0.29, 0.717) is 36.1 Å². The topological polar surface area (TPSA) is 52.8 Å². The van der Waals surface area contributed by atoms with Gasteiger partial charge in [-0.1, -0.05) is 18.2 Å². The van der Waals surface area contributed by atoms with Gasteiger partial charge < -0.3 is 9.30 Å². The maximum atomic E-state index is 12.9. The van der Waals surface area contributed by atoms with Crippen LogP contribution in [0, 0.1) is 0 Å². The number of rotatable bonds is 2. The van der Waals surface area contributed by atoms with Crippen molar-refractivity contribution in [2.24, 2.45) is 0 Å². The van der Waals surface area contributed by atoms with Crippen LogP contribution in [0.4, 0.5) is 13.2 Å². The van der Waals surface area contributed by atoms with Crippen LogP contribution in [0.25, 0.3) is 34.0 Å². The number of imidazole rings is 1. The SMILES string of the molecule is FC(F)(F)c1ccc(-c2ccc3c(c2)-c2ncc(-c4ncccn4)n2CCO3)cc1. The van der Waals surface area contributed by atoms with Gasteiger partial charge in [0.05, 0.1) is 23.9 Å². The van der Waals surface area contributed by atoms with Crippen molar-refractivity contribution >= 4 is 0 Å². The molecule has 0 atom stereocenters. The minimum absolute atomic E-state index is 0.454. The smallest absolute Gasteiger partial charge is 0.416 e. The van der Waals surface area contributed by atoms with Crippen molar-refractivity contribution in [2.45, 2.75) is 12.7 Å². The second-order valence-electron chi connectivity index (χ2n) is 6.83. The highest BCUT2D eigenvalue weighted by molar-refractivity contribution is 5.76. The van der Waals surface area contributed by atoms with Crippen LogP contribution >= 0.6 is 0 Å². The van der Waals surface area contributed by atoms with Crippen LogP contribution in [0.1, 0.15) is 5.56 Å². The molecule has 0 spiro atoms. The molecular formula is C22H15F3N4O. The zero-order valence-corrected chi connectivity index (χ0v) is 15.6. The Kier molecular flexibility index (Phi) is 4.27. The van der Waals surface area contributed by atoms with Gasteiger partial charge in [0.25, 0.3) is 0 Å². The van der Waals surface area contributed by atoms with E-state index in [0.717, 1.165) is 29.0 Å². The van der Waals surface area contributed by atoms with Crippen LogP contribution in [0.3, 0.4) is 0 Å². The van der Waals surface area contributed by atoms with E-state index >= 15 is 0 Å². The molecule has 2 aromatic carbocycles. The van der Waals surface area contributed by atoms with Gasteiger partial charge in [0.1, 0.15) is 23.9 Å². The largest absolute Gasteiger partial charge is 0.491 e. The Labute approximate surface area is 169 Å². The lowest BCUT2D eigenvalue weighted by atomic mass is 10.0. The average Bonchev–Trinajstić information content (AvgIpc) is 3.09. The monoisotopic (exact) mass is 408 g/mol. The first-order chi connectivity index (χ1) is 14.5. The van der Waals surface area contributed by atoms with Gasteiger partial charge in [-0.2, -0.15) is 13.2 Å². The van der Waals surface area contributed by atoms with Gasteiger partial charge in [0, 0.05) is 12.4 Å². The van der Waals surface area contributed by atoms with E-state index in [-0.39, 0.29) is 0 Å². The minimum Gasteiger partial charge on any atom is -0.491 e. The van der Waals surface area contributed by atoms with E-state index in [1.54, 1.807) is 24.7 Å². The van der Waals surface area contributed by atoms with Crippen molar-refractivity contribution < 1.29 is 17.9 Å². The fraction of sp³-hybridized carbons (Fsp3) is 0.136. The van der Waals surface area contributed by atoms with Crippen LogP contribution in [0.15, 0.2) is 67.1 Å². The summed E-state index contributed by atoms with van der Waals surface area (Å²) in [6.07, 6.45) is 0.712. The van der Waals surface area contributed by atoms with Gasteiger partial charge in [0.2, 0.25) is 0 Å². The molecule has 0 N–H and O–H groups in total. The molecule has 0 radical (unpaired) electrons. The second kappa shape index (κ2) is 6.98. The maximum absolute atomic E-state index is 12.9. The first kappa shape index (κ1) is 18.4. The Morgan fingerprint density at radius 3 is 2.37 bits per heavy atom. The first-order valence-corrected chi connectivity index (χ1v) is 9.28. The summed E-state index contributed by atoms with van der Waals surface area (Å²) in [6, 6.07) is 12.4. The number of ether oxygens (including phenoxy) is 1. The molecule has 0 fully saturated rings. The maximum Gasteiger partial charge on any atom is 0.416 e. The zero-order valence-electron chi connectivity index (χ0n) is 15.6. The summed E-state index contributed by atoms with van der Waals surface area (Å²) in [5.41, 5.74) is 2.33. The number of halogens is 3. The third kappa shape index (κ3) is 3.20. The van der Waals surface area contributed by atoms with E-state index in [9.17, 15) is 13.2 Å². The molecule has 3 heterocycles. The molecule has 1 aliphatic rings. The zero-order chi connectivity index (χ0) is 20.7. The van der Waals surface area contributed by atoms with Gasteiger partial charge >= 0.3 is 6.18 Å². The van der Waals surface area contributed by atoms with Gasteiger partial charge in [-0.15, -0.1) is 0 Å². The number of hydrogen-bond donors (Lipinski definition) is 0. The molecule has 0 amide bonds. The van der Waals surface area contributed by atoms with E-state index in [4.69, 9.17) is 4.74 Å². The molecule has 5 nitrogen and oxygen atoms in total. The van der Waals surface area contributed by atoms with Crippen LogP contribution in [-0.4, -0.2) is 26.1 Å². The number of benzene rings is 2. The fourth-order valence-electron chi connectivity index (χ4n) is 3.54. The summed E-state index contributed by atoms with van der Waals surface area (Å²) in [4.78, 5) is 13.2. The molecule has 150 valence electrons. The summed E-state index contributed by atoms with van der Waals surface area (Å²) in [5.74, 6) is 1.95. The summed E-state index contributed by atoms with van der Waals surface area (Å²) in [5, 5.41) is 0. The molecule has 5 rings (SSSR count). The Balaban J connectivity index is 1.58. The van der Waals surface area contributed by atoms with E-state index < -0.39 is 11.7 Å². The van der Waals surface area contributed by atoms with Gasteiger partial charge in [0.15, 0.2) is 5.82 Å². The van der Waals surface area contributed by atoms with E-state index in [2.05, 4.69) is 15.0 Å². The van der Waals surface area contributed by atoms with E-state index in [1.165, 1.54) is 12.1 Å². The van der Waals surface area contributed by atoms with Gasteiger partial charge in [-0.25, -0.2) is 15.0 Å². The summed E-state index contributed by atoms with van der Waals surface area (Å²) >= 11 is 0. The Morgan fingerprint density at radius 2 is 1.63 bits per heavy atom. The van der Waals surface area contributed by atoms with Crippen molar-refractivity contribution in [1.29, 1.82) is 0 Å². The van der Waals surface area contributed by atoms with Gasteiger partial charge in [-0.3, -0.25) is 0 Å². The molecule has 0 aliphatic carbocycles. The van der Waals surface area contributed by atoms with Crippen molar-refractivity contribution in [2.75, 3.05) is 6.61 Å². The van der Waals surface area contributed by atoms with Crippen molar-refractivity contribution in [1.82, 2.24) is 19.5 Å². The lowest BCUT2D eigenvalue weighted by molar-refractivity contribution is -0.137. The molecule has 0 saturated carbocycles. The molecule has 8 heteroatoms. The quantitative estimate of drug-likeness (QED) is 0.464. The predicted octanol–water partition coefficient (Wildman–Crippen LogP) is 5.09. The number of fused-ring (bicyclic) bond motifs is 3. The number of aromatic nitrogens is 4. The minimum atomic E-state index is -4.36. The first-order valence-electron chi connectivity index (χ1n) is 9.28. The molecular weight excluding hydrogens is 393 g/mol. The third-order valence-electron chi connectivity index (χ3n) is 4.99. The highest BCUT2D eigenvalue weighted by atomic mass is 19.4. The summed E-state index contributed by atoms with van der Waals surface area (Å²) < 4.78 is 46.5. The van der Waals surface area contributed by atoms with Crippen molar-refractivity contribution in [3.05, 3.63) is 72.7 Å². The standard InChI is InChI=1S/C22H15F3N4O/c23-22(24,25)16-5-2-14(3-6-16)15-4-7-19-17(12-15)21-28-13-18(29(21)10-11-30-19)20-26-8-1-9-27-20/h1-9,12-13H,10-11H2. The molecule has 30 heavy (non-hydrogen) atoms. The molecule has 4 aromatic rings. The third-order valence-corrected chi connectivity index (χ3v) is 4.99. The Bertz CT molecular complexity index is 1200. The van der Waals surface area contributed by atoms with Crippen LogP contribution < -0.4 is 4.74 Å². The normalized spacial score (nSPS) is 13.2. The lowest BCUT2D eigenvalue weighted by Crippen LogP contribution is -2.07. The number of hydrogen-bond acceptors (Lipinski definition) is 4. The number of alkyl halides is 3. The second-order valence-corrected chi connectivity index (χ2v) is 6.83. The van der Waals surface area contributed by atoms with Crippen LogP contribution in [0.2, 0.25) is 0 Å². The molecule has 0 unspecified atom stereocenters. The van der Waals surface area contributed by atoms with Crippen molar-refractivity contribution in [3.63, 3.8) is 0 Å². The molecule has 2 aromatic heterocycles.